The molecule has 0 heterocycles. The van der Waals surface area contributed by atoms with Crippen molar-refractivity contribution in [1.82, 2.24) is 0 Å². The molecule has 0 saturated heterocycles. The lowest BCUT2D eigenvalue weighted by Crippen LogP contribution is -2.38. The highest BCUT2D eigenvalue weighted by Crippen LogP contribution is 2.27. The second kappa shape index (κ2) is 9.96. The molecule has 34 heavy (non-hydrogen) atoms. The summed E-state index contributed by atoms with van der Waals surface area (Å²) in [5, 5.41) is 2.05. The molecular formula is C23H19F3N2O5S. The summed E-state index contributed by atoms with van der Waals surface area (Å²) < 4.78 is 73.2. The summed E-state index contributed by atoms with van der Waals surface area (Å²) in [6, 6.07) is 12.3. The molecule has 1 amide bonds. The second-order valence-electron chi connectivity index (χ2n) is 7.06. The Morgan fingerprint density at radius 1 is 0.912 bits per heavy atom. The highest BCUT2D eigenvalue weighted by Gasteiger charge is 2.28. The van der Waals surface area contributed by atoms with Gasteiger partial charge in [-0.25, -0.2) is 21.6 Å². The van der Waals surface area contributed by atoms with Gasteiger partial charge in [0, 0.05) is 5.56 Å². The average Bonchev–Trinajstić information content (AvgIpc) is 2.83. The Balaban J connectivity index is 1.97. The first kappa shape index (κ1) is 24.8. The normalized spacial score (nSPS) is 11.1. The van der Waals surface area contributed by atoms with Crippen LogP contribution in [0.4, 0.5) is 24.5 Å². The Kier molecular flexibility index (Phi) is 7.26. The molecule has 0 aliphatic carbocycles. The fourth-order valence-corrected chi connectivity index (χ4v) is 4.42. The lowest BCUT2D eigenvalue weighted by atomic mass is 10.2. The minimum Gasteiger partial charge on any atom is -0.497 e. The maximum atomic E-state index is 14.0. The van der Waals surface area contributed by atoms with Crippen molar-refractivity contribution < 1.29 is 35.9 Å². The van der Waals surface area contributed by atoms with E-state index in [1.165, 1.54) is 62.6 Å². The third-order valence-corrected chi connectivity index (χ3v) is 6.59. The van der Waals surface area contributed by atoms with Crippen LogP contribution in [0.2, 0.25) is 0 Å². The van der Waals surface area contributed by atoms with Crippen LogP contribution in [0.25, 0.3) is 0 Å². The number of rotatable bonds is 8. The van der Waals surface area contributed by atoms with Crippen LogP contribution < -0.4 is 14.4 Å². The summed E-state index contributed by atoms with van der Waals surface area (Å²) in [6.07, 6.45) is 0. The number of sulfonamides is 1. The van der Waals surface area contributed by atoms with Crippen LogP contribution in [0, 0.1) is 17.5 Å². The molecule has 3 aromatic carbocycles. The maximum Gasteiger partial charge on any atom is 0.264 e. The summed E-state index contributed by atoms with van der Waals surface area (Å²) in [5.41, 5.74) is -0.277. The van der Waals surface area contributed by atoms with Gasteiger partial charge in [0.15, 0.2) is 23.2 Å². The number of halogens is 3. The largest absolute Gasteiger partial charge is 0.497 e. The number of hydrogen-bond donors (Lipinski definition) is 1. The van der Waals surface area contributed by atoms with Crippen LogP contribution in [0.3, 0.4) is 0 Å². The molecule has 3 aromatic rings. The van der Waals surface area contributed by atoms with Crippen molar-refractivity contribution in [2.45, 2.75) is 11.8 Å². The molecule has 3 rings (SSSR count). The highest BCUT2D eigenvalue weighted by molar-refractivity contribution is 7.92. The van der Waals surface area contributed by atoms with Gasteiger partial charge < -0.3 is 10.1 Å². The van der Waals surface area contributed by atoms with E-state index in [-0.39, 0.29) is 16.4 Å². The summed E-state index contributed by atoms with van der Waals surface area (Å²) in [5.74, 6) is -5.67. The molecule has 0 radical (unpaired) electrons. The van der Waals surface area contributed by atoms with E-state index in [1.54, 1.807) is 0 Å². The van der Waals surface area contributed by atoms with Crippen LogP contribution in [-0.4, -0.2) is 33.8 Å². The van der Waals surface area contributed by atoms with Gasteiger partial charge in [-0.1, -0.05) is 12.1 Å². The van der Waals surface area contributed by atoms with Gasteiger partial charge in [-0.3, -0.25) is 13.9 Å². The molecule has 0 aromatic heterocycles. The van der Waals surface area contributed by atoms with E-state index >= 15 is 0 Å². The fourth-order valence-electron chi connectivity index (χ4n) is 2.99. The predicted molar refractivity (Wildman–Crippen MR) is 119 cm³/mol. The molecular weight excluding hydrogens is 473 g/mol. The zero-order valence-electron chi connectivity index (χ0n) is 18.0. The Bertz CT molecular complexity index is 1330. The molecule has 11 heteroatoms. The number of Topliss-reactive ketones (excluding diaryl/α,β-unsaturated/α-hetero) is 1. The third kappa shape index (κ3) is 5.20. The van der Waals surface area contributed by atoms with Crippen LogP contribution in [0.5, 0.6) is 5.75 Å². The zero-order valence-corrected chi connectivity index (χ0v) is 18.8. The quantitative estimate of drug-likeness (QED) is 0.377. The van der Waals surface area contributed by atoms with E-state index in [1.807, 2.05) is 0 Å². The van der Waals surface area contributed by atoms with E-state index in [4.69, 9.17) is 4.74 Å². The van der Waals surface area contributed by atoms with Gasteiger partial charge in [-0.05, 0) is 55.5 Å². The Labute approximate surface area is 193 Å². The molecule has 0 spiro atoms. The number of amides is 1. The minimum absolute atomic E-state index is 0.0809. The number of carbonyl (C=O) groups excluding carboxylic acids is 2. The van der Waals surface area contributed by atoms with Gasteiger partial charge in [0.1, 0.15) is 12.3 Å². The number of ketones is 1. The topological polar surface area (TPSA) is 92.8 Å². The van der Waals surface area contributed by atoms with Crippen molar-refractivity contribution in [1.29, 1.82) is 0 Å². The molecule has 7 nitrogen and oxygen atoms in total. The summed E-state index contributed by atoms with van der Waals surface area (Å²) in [6.45, 7) is 0.510. The smallest absolute Gasteiger partial charge is 0.264 e. The molecule has 0 bridgehead atoms. The fraction of sp³-hybridized carbons (Fsp3) is 0.130. The number of anilines is 2. The average molecular weight is 492 g/mol. The van der Waals surface area contributed by atoms with Gasteiger partial charge in [-0.15, -0.1) is 0 Å². The van der Waals surface area contributed by atoms with Crippen molar-refractivity contribution in [3.63, 3.8) is 0 Å². The number of carbonyl (C=O) groups is 2. The SMILES string of the molecule is COc1ccc(N(CC(=O)Nc2ccc(F)c(F)c2F)S(=O)(=O)c2ccc(C(C)=O)cc2)cc1. The van der Waals surface area contributed by atoms with Crippen molar-refractivity contribution in [3.8, 4) is 5.75 Å². The molecule has 0 saturated carbocycles. The molecule has 1 N–H and O–H groups in total. The van der Waals surface area contributed by atoms with E-state index < -0.39 is 45.6 Å². The number of hydrogen-bond acceptors (Lipinski definition) is 5. The maximum absolute atomic E-state index is 14.0. The van der Waals surface area contributed by atoms with E-state index in [2.05, 4.69) is 5.32 Å². The summed E-state index contributed by atoms with van der Waals surface area (Å²) in [4.78, 5) is 23.9. The van der Waals surface area contributed by atoms with E-state index in [0.717, 1.165) is 10.4 Å². The molecule has 0 atom stereocenters. The van der Waals surface area contributed by atoms with Gasteiger partial charge >= 0.3 is 0 Å². The van der Waals surface area contributed by atoms with Crippen LogP contribution in [0.1, 0.15) is 17.3 Å². The van der Waals surface area contributed by atoms with Crippen LogP contribution in [-0.2, 0) is 14.8 Å². The van der Waals surface area contributed by atoms with Gasteiger partial charge in [-0.2, -0.15) is 0 Å². The van der Waals surface area contributed by atoms with Gasteiger partial charge in [0.05, 0.1) is 23.4 Å². The Hall–Kier alpha value is -3.86. The van der Waals surface area contributed by atoms with Gasteiger partial charge in [0.2, 0.25) is 5.91 Å². The number of benzene rings is 3. The minimum atomic E-state index is -4.34. The molecule has 0 fully saturated rings. The van der Waals surface area contributed by atoms with Crippen molar-refractivity contribution >= 4 is 33.1 Å². The Morgan fingerprint density at radius 3 is 2.09 bits per heavy atom. The first-order valence-corrected chi connectivity index (χ1v) is 11.2. The first-order chi connectivity index (χ1) is 16.0. The van der Waals surface area contributed by atoms with Crippen LogP contribution >= 0.6 is 0 Å². The zero-order chi connectivity index (χ0) is 25.0. The van der Waals surface area contributed by atoms with E-state index in [0.29, 0.717) is 17.4 Å². The predicted octanol–water partition coefficient (Wildman–Crippen LogP) is 4.15. The number of nitrogens with one attached hydrogen (secondary N) is 1. The number of ether oxygens (including phenoxy) is 1. The van der Waals surface area contributed by atoms with Gasteiger partial charge in [0.25, 0.3) is 10.0 Å². The summed E-state index contributed by atoms with van der Waals surface area (Å²) in [7, 11) is -2.92. The number of nitrogens with zero attached hydrogens (tertiary/aromatic N) is 1. The molecule has 0 unspecified atom stereocenters. The van der Waals surface area contributed by atoms with Crippen molar-refractivity contribution in [2.75, 3.05) is 23.3 Å². The lowest BCUT2D eigenvalue weighted by Gasteiger charge is -2.24. The number of methoxy groups -OCH3 is 1. The molecule has 178 valence electrons. The second-order valence-corrected chi connectivity index (χ2v) is 8.92. The third-order valence-electron chi connectivity index (χ3n) is 4.81. The van der Waals surface area contributed by atoms with Crippen LogP contribution in [0.15, 0.2) is 65.6 Å². The molecule has 0 aliphatic rings. The standard InChI is InChI=1S/C23H19F3N2O5S/c1-14(29)15-3-9-18(10-4-15)34(31,32)28(16-5-7-17(33-2)8-6-16)13-21(30)27-20-12-11-19(24)22(25)23(20)26/h3-12H,13H2,1-2H3,(H,27,30). The highest BCUT2D eigenvalue weighted by atomic mass is 32.2. The lowest BCUT2D eigenvalue weighted by molar-refractivity contribution is -0.114. The van der Waals surface area contributed by atoms with Crippen molar-refractivity contribution in [3.05, 3.63) is 83.7 Å². The van der Waals surface area contributed by atoms with Crippen molar-refractivity contribution in [2.24, 2.45) is 0 Å². The summed E-state index contributed by atoms with van der Waals surface area (Å²) >= 11 is 0. The molecule has 0 aliphatic heterocycles. The monoisotopic (exact) mass is 492 g/mol. The first-order valence-electron chi connectivity index (χ1n) is 9.75. The van der Waals surface area contributed by atoms with E-state index in [9.17, 15) is 31.2 Å². The Morgan fingerprint density at radius 2 is 1.53 bits per heavy atom.